The number of nitrogens with one attached hydrogen (secondary N) is 2. The van der Waals surface area contributed by atoms with Gasteiger partial charge in [0.15, 0.2) is 5.37 Å². The first-order valence-electron chi connectivity index (χ1n) is 15.1. The van der Waals surface area contributed by atoms with Crippen molar-refractivity contribution >= 4 is 49.8 Å². The van der Waals surface area contributed by atoms with Crippen LogP contribution in [0.2, 0.25) is 0 Å². The molecule has 3 aromatic carbocycles. The highest BCUT2D eigenvalue weighted by atomic mass is 32.2. The fraction of sp³-hybridized carbons (Fsp3) is 0.265. The summed E-state index contributed by atoms with van der Waals surface area (Å²) in [5, 5.41) is 2.59. The molecule has 0 radical (unpaired) electrons. The molecule has 1 unspecified atom stereocenters. The van der Waals surface area contributed by atoms with Gasteiger partial charge in [-0.2, -0.15) is 4.98 Å². The van der Waals surface area contributed by atoms with E-state index < -0.39 is 21.0 Å². The minimum atomic E-state index is -3.99. The average molecular weight is 622 g/mol. The number of rotatable bonds is 6. The molecule has 7 rings (SSSR count). The lowest BCUT2D eigenvalue weighted by Crippen LogP contribution is -2.39. The molecule has 11 heteroatoms. The third-order valence-electron chi connectivity index (χ3n) is 8.93. The van der Waals surface area contributed by atoms with Gasteiger partial charge in [-0.25, -0.2) is 13.4 Å². The van der Waals surface area contributed by atoms with Gasteiger partial charge in [0.1, 0.15) is 11.3 Å². The predicted molar refractivity (Wildman–Crippen MR) is 179 cm³/mol. The number of para-hydroxylation sites is 2. The first-order chi connectivity index (χ1) is 21.8. The normalized spacial score (nSPS) is 18.2. The molecule has 1 fully saturated rings. The average Bonchev–Trinajstić information content (AvgIpc) is 3.05. The van der Waals surface area contributed by atoms with Crippen LogP contribution in [0.3, 0.4) is 0 Å². The second-order valence-corrected chi connectivity index (χ2v) is 13.7. The second-order valence-electron chi connectivity index (χ2n) is 11.9. The Morgan fingerprint density at radius 1 is 0.956 bits per heavy atom. The number of piperidine rings is 1. The molecule has 230 valence electrons. The van der Waals surface area contributed by atoms with E-state index in [0.717, 1.165) is 42.9 Å². The van der Waals surface area contributed by atoms with Crippen molar-refractivity contribution < 1.29 is 8.42 Å². The van der Waals surface area contributed by atoms with Gasteiger partial charge < -0.3 is 15.1 Å². The van der Waals surface area contributed by atoms with Crippen LogP contribution in [-0.4, -0.2) is 55.0 Å². The lowest BCUT2D eigenvalue weighted by molar-refractivity contribution is 0.255. The van der Waals surface area contributed by atoms with Gasteiger partial charge in [-0.1, -0.05) is 48.5 Å². The summed E-state index contributed by atoms with van der Waals surface area (Å²) in [6, 6.07) is 26.7. The zero-order valence-electron chi connectivity index (χ0n) is 25.2. The highest BCUT2D eigenvalue weighted by Gasteiger charge is 2.36. The molecule has 1 atom stereocenters. The molecule has 5 aromatic rings. The molecule has 2 aliphatic rings. The number of nitrogens with zero attached hydrogens (tertiary/aromatic N) is 5. The van der Waals surface area contributed by atoms with E-state index in [1.165, 1.54) is 10.1 Å². The zero-order chi connectivity index (χ0) is 31.1. The highest BCUT2D eigenvalue weighted by Crippen LogP contribution is 2.35. The Hall–Kier alpha value is -4.74. The van der Waals surface area contributed by atoms with Crippen LogP contribution in [0.4, 0.5) is 28.7 Å². The van der Waals surface area contributed by atoms with Gasteiger partial charge in [-0.05, 0) is 86.4 Å². The summed E-state index contributed by atoms with van der Waals surface area (Å²) >= 11 is 0. The van der Waals surface area contributed by atoms with Gasteiger partial charge in [-0.15, -0.1) is 0 Å². The molecule has 2 aromatic heterocycles. The van der Waals surface area contributed by atoms with Crippen LogP contribution < -0.4 is 20.5 Å². The van der Waals surface area contributed by atoms with Gasteiger partial charge in [0.2, 0.25) is 5.95 Å². The quantitative estimate of drug-likeness (QED) is 0.252. The van der Waals surface area contributed by atoms with E-state index in [-0.39, 0.29) is 18.0 Å². The fourth-order valence-electron chi connectivity index (χ4n) is 6.32. The van der Waals surface area contributed by atoms with Crippen molar-refractivity contribution in [3.05, 3.63) is 113 Å². The van der Waals surface area contributed by atoms with Crippen LogP contribution in [0.5, 0.6) is 0 Å². The van der Waals surface area contributed by atoms with E-state index in [1.807, 2.05) is 54.6 Å². The van der Waals surface area contributed by atoms with E-state index >= 15 is 0 Å². The number of hydrogen-bond donors (Lipinski definition) is 2. The van der Waals surface area contributed by atoms with Crippen LogP contribution in [0, 0.1) is 0 Å². The second kappa shape index (κ2) is 11.6. The van der Waals surface area contributed by atoms with Gasteiger partial charge in [0, 0.05) is 36.4 Å². The number of fused-ring (bicyclic) bond motifs is 2. The molecule has 2 aliphatic heterocycles. The predicted octanol–water partition coefficient (Wildman–Crippen LogP) is 5.61. The number of hydrogen-bond acceptors (Lipinski definition) is 8. The largest absolute Gasteiger partial charge is 0.340 e. The molecule has 45 heavy (non-hydrogen) atoms. The molecule has 0 bridgehead atoms. The van der Waals surface area contributed by atoms with Crippen LogP contribution in [0.1, 0.15) is 35.3 Å². The molecule has 1 saturated heterocycles. The molecule has 0 amide bonds. The first kappa shape index (κ1) is 29.0. The van der Waals surface area contributed by atoms with Crippen molar-refractivity contribution in [2.75, 3.05) is 42.1 Å². The Balaban J connectivity index is 1.30. The van der Waals surface area contributed by atoms with E-state index in [9.17, 15) is 13.2 Å². The van der Waals surface area contributed by atoms with Crippen LogP contribution in [0.15, 0.2) is 95.9 Å². The maximum absolute atomic E-state index is 14.3. The van der Waals surface area contributed by atoms with Gasteiger partial charge in [0.25, 0.3) is 15.6 Å². The summed E-state index contributed by atoms with van der Waals surface area (Å²) in [6.45, 7) is 2.19. The Kier molecular flexibility index (Phi) is 7.50. The molecule has 2 N–H and O–H groups in total. The van der Waals surface area contributed by atoms with Crippen molar-refractivity contribution in [2.24, 2.45) is 0 Å². The Bertz CT molecular complexity index is 2020. The Morgan fingerprint density at radius 3 is 2.42 bits per heavy atom. The number of benzene rings is 3. The van der Waals surface area contributed by atoms with Crippen LogP contribution in [0.25, 0.3) is 11.0 Å². The van der Waals surface area contributed by atoms with Crippen LogP contribution >= 0.6 is 0 Å². The molecular weight excluding hydrogens is 586 g/mol. The fourth-order valence-corrected chi connectivity index (χ4v) is 7.83. The molecule has 0 saturated carbocycles. The van der Waals surface area contributed by atoms with Gasteiger partial charge in [0.05, 0.1) is 5.69 Å². The van der Waals surface area contributed by atoms with E-state index in [0.29, 0.717) is 22.7 Å². The first-order valence-corrected chi connectivity index (χ1v) is 16.7. The van der Waals surface area contributed by atoms with Gasteiger partial charge in [-0.3, -0.25) is 14.1 Å². The number of aromatic nitrogens is 3. The number of likely N-dealkylation sites (tertiary alicyclic amines) is 1. The smallest absolute Gasteiger partial charge is 0.277 e. The summed E-state index contributed by atoms with van der Waals surface area (Å²) in [6.07, 6.45) is 4.02. The molecule has 10 nitrogen and oxygen atoms in total. The Labute approximate surface area is 262 Å². The third kappa shape index (κ3) is 5.65. The Morgan fingerprint density at radius 2 is 1.67 bits per heavy atom. The highest BCUT2D eigenvalue weighted by molar-refractivity contribution is 7.92. The molecule has 0 spiro atoms. The van der Waals surface area contributed by atoms with Crippen molar-refractivity contribution in [1.82, 2.24) is 19.4 Å². The lowest BCUT2D eigenvalue weighted by Gasteiger charge is -2.29. The third-order valence-corrected chi connectivity index (χ3v) is 10.5. The van der Waals surface area contributed by atoms with E-state index in [4.69, 9.17) is 4.98 Å². The number of anilines is 5. The van der Waals surface area contributed by atoms with Crippen molar-refractivity contribution in [3.63, 3.8) is 0 Å². The minimum absolute atomic E-state index is 0.115. The summed E-state index contributed by atoms with van der Waals surface area (Å²) in [5.41, 5.74) is 4.32. The molecule has 0 aliphatic carbocycles. The van der Waals surface area contributed by atoms with Crippen molar-refractivity contribution in [1.29, 1.82) is 0 Å². The van der Waals surface area contributed by atoms with Crippen LogP contribution in [-0.2, 0) is 16.4 Å². The van der Waals surface area contributed by atoms with E-state index in [2.05, 4.69) is 39.1 Å². The monoisotopic (exact) mass is 621 g/mol. The standard InChI is InChI=1S/C34H35N7O3S/c1-39-18-16-24(17-19-39)23-12-14-27(15-13-23)36-34-35-22-26-20-30(40(2)28-9-4-3-5-10-28)33(42)41(32(26)37-34)31-21-25-8-6-7-11-29(25)38-45(31,43)44/h3-15,20,22,24,31,38H,16-19,21H2,1-2H3,(H,35,36,37). The minimum Gasteiger partial charge on any atom is -0.340 e. The summed E-state index contributed by atoms with van der Waals surface area (Å²) < 4.78 is 31.4. The summed E-state index contributed by atoms with van der Waals surface area (Å²) in [7, 11) is -0.0419. The van der Waals surface area contributed by atoms with E-state index in [1.54, 1.807) is 36.3 Å². The number of pyridine rings is 1. The summed E-state index contributed by atoms with van der Waals surface area (Å²) in [4.78, 5) is 27.7. The maximum Gasteiger partial charge on any atom is 0.277 e. The molecular formula is C34H35N7O3S. The van der Waals surface area contributed by atoms with Crippen molar-refractivity contribution in [2.45, 2.75) is 30.6 Å². The van der Waals surface area contributed by atoms with Crippen molar-refractivity contribution in [3.8, 4) is 0 Å². The zero-order valence-corrected chi connectivity index (χ0v) is 26.0. The summed E-state index contributed by atoms with van der Waals surface area (Å²) in [5.74, 6) is 0.814. The SMILES string of the molecule is CN1CCC(c2ccc(Nc3ncc4cc(N(C)c5ccccc5)c(=O)n(C5Cc6ccccc6NS5(=O)=O)c4n3)cc2)CC1. The van der Waals surface area contributed by atoms with Gasteiger partial charge >= 0.3 is 0 Å². The lowest BCUT2D eigenvalue weighted by atomic mass is 9.89. The number of sulfonamides is 1. The topological polar surface area (TPSA) is 112 Å². The molecule has 4 heterocycles. The maximum atomic E-state index is 14.3.